The Morgan fingerprint density at radius 1 is 1.43 bits per heavy atom. The normalized spacial score (nSPS) is 41.6. The number of fused-ring (bicyclic) bond motifs is 1. The zero-order valence-corrected chi connectivity index (χ0v) is 11.8. The van der Waals surface area contributed by atoms with Crippen LogP contribution in [-0.4, -0.2) is 6.69 Å². The summed E-state index contributed by atoms with van der Waals surface area (Å²) in [5.41, 5.74) is 0.706. The lowest BCUT2D eigenvalue weighted by atomic mass is 9.90. The molecule has 2 fully saturated rings. The molecule has 3 heteroatoms. The third-order valence-electron chi connectivity index (χ3n) is 4.50. The van der Waals surface area contributed by atoms with Crippen LogP contribution >= 0.6 is 22.2 Å². The second kappa shape index (κ2) is 3.40. The van der Waals surface area contributed by atoms with E-state index in [0.29, 0.717) is 5.41 Å². The van der Waals surface area contributed by atoms with Gasteiger partial charge in [0.25, 0.3) is 0 Å². The maximum atomic E-state index is 6.23. The molecule has 0 aromatic heterocycles. The van der Waals surface area contributed by atoms with Gasteiger partial charge in [-0.15, -0.1) is 22.2 Å². The van der Waals surface area contributed by atoms with Crippen molar-refractivity contribution in [3.63, 3.8) is 0 Å². The summed E-state index contributed by atoms with van der Waals surface area (Å²) in [6.07, 6.45) is 4.26. The minimum Gasteiger partial charge on any atom is -0.146 e. The maximum Gasteiger partial charge on any atom is 0.248 e. The van der Waals surface area contributed by atoms with Crippen LogP contribution in [0.2, 0.25) is 12.6 Å². The Morgan fingerprint density at radius 3 is 2.43 bits per heavy atom. The molecular weight excluding hydrogens is 231 g/mol. The summed E-state index contributed by atoms with van der Waals surface area (Å²) in [6.45, 7) is 4.95. The van der Waals surface area contributed by atoms with Crippen molar-refractivity contribution in [3.05, 3.63) is 0 Å². The molecule has 2 rings (SSSR count). The van der Waals surface area contributed by atoms with Gasteiger partial charge in [-0.05, 0) is 55.0 Å². The molecule has 0 amide bonds. The van der Waals surface area contributed by atoms with E-state index in [2.05, 4.69) is 20.4 Å². The number of halogens is 2. The Bertz CT molecular complexity index is 234. The highest BCUT2D eigenvalue weighted by molar-refractivity contribution is 7.44. The van der Waals surface area contributed by atoms with Crippen molar-refractivity contribution in [1.29, 1.82) is 0 Å². The summed E-state index contributed by atoms with van der Waals surface area (Å²) in [6, 6.07) is 1.12. The van der Waals surface area contributed by atoms with Crippen LogP contribution < -0.4 is 0 Å². The van der Waals surface area contributed by atoms with Crippen LogP contribution in [0.25, 0.3) is 0 Å². The molecule has 2 saturated carbocycles. The van der Waals surface area contributed by atoms with Gasteiger partial charge in [0.2, 0.25) is 6.69 Å². The molecule has 0 aromatic carbocycles. The fourth-order valence-electron chi connectivity index (χ4n) is 3.59. The molecule has 14 heavy (non-hydrogen) atoms. The van der Waals surface area contributed by atoms with Gasteiger partial charge < -0.3 is 0 Å². The summed E-state index contributed by atoms with van der Waals surface area (Å²) in [4.78, 5) is 0. The molecule has 0 N–H and O–H groups in total. The van der Waals surface area contributed by atoms with Crippen molar-refractivity contribution in [2.75, 3.05) is 0 Å². The van der Waals surface area contributed by atoms with E-state index in [1.54, 1.807) is 0 Å². The molecule has 0 aliphatic heterocycles. The van der Waals surface area contributed by atoms with Crippen molar-refractivity contribution in [3.8, 4) is 0 Å². The predicted octanol–water partition coefficient (Wildman–Crippen LogP) is 4.61. The minimum atomic E-state index is -1.86. The molecule has 0 bridgehead atoms. The summed E-state index contributed by atoms with van der Waals surface area (Å²) < 4.78 is 0. The van der Waals surface area contributed by atoms with Gasteiger partial charge in [-0.25, -0.2) is 0 Å². The first-order valence-corrected chi connectivity index (χ1v) is 10.5. The predicted molar refractivity (Wildman–Crippen MR) is 66.2 cm³/mol. The van der Waals surface area contributed by atoms with E-state index in [4.69, 9.17) is 22.2 Å². The van der Waals surface area contributed by atoms with E-state index in [1.807, 2.05) is 0 Å². The molecule has 3 atom stereocenters. The smallest absolute Gasteiger partial charge is 0.146 e. The monoisotopic (exact) mass is 250 g/mol. The third-order valence-corrected chi connectivity index (χ3v) is 6.67. The Labute approximate surface area is 97.8 Å². The summed E-state index contributed by atoms with van der Waals surface area (Å²) in [7, 11) is 0. The first-order chi connectivity index (χ1) is 6.35. The highest BCUT2D eigenvalue weighted by Gasteiger charge is 2.62. The highest BCUT2D eigenvalue weighted by Crippen LogP contribution is 2.70. The van der Waals surface area contributed by atoms with Crippen LogP contribution in [-0.2, 0) is 0 Å². The van der Waals surface area contributed by atoms with Crippen molar-refractivity contribution >= 4 is 28.9 Å². The average molecular weight is 251 g/mol. The molecule has 0 nitrogen and oxygen atoms in total. The molecular formula is C11H20Cl2Si. The van der Waals surface area contributed by atoms with Crippen molar-refractivity contribution < 1.29 is 0 Å². The van der Waals surface area contributed by atoms with Crippen LogP contribution in [0.1, 0.15) is 33.1 Å². The Hall–Kier alpha value is 0.797. The molecule has 0 spiro atoms. The van der Waals surface area contributed by atoms with Crippen LogP contribution in [0.15, 0.2) is 0 Å². The topological polar surface area (TPSA) is 0 Å². The quantitative estimate of drug-likeness (QED) is 0.507. The second-order valence-corrected chi connectivity index (χ2v) is 13.9. The Kier molecular flexibility index (Phi) is 2.74. The summed E-state index contributed by atoms with van der Waals surface area (Å²) >= 11 is 12.5. The van der Waals surface area contributed by atoms with Crippen LogP contribution in [0.3, 0.4) is 0 Å². The SMILES string of the molecule is CC(C)C12CCC(C[Si](C)(Cl)Cl)C1C2. The lowest BCUT2D eigenvalue weighted by Gasteiger charge is -2.17. The number of rotatable bonds is 3. The summed E-state index contributed by atoms with van der Waals surface area (Å²) in [5.74, 6) is 2.67. The van der Waals surface area contributed by atoms with E-state index in [1.165, 1.54) is 19.3 Å². The van der Waals surface area contributed by atoms with Gasteiger partial charge in [-0.1, -0.05) is 13.8 Å². The Morgan fingerprint density at radius 2 is 2.07 bits per heavy atom. The van der Waals surface area contributed by atoms with Gasteiger partial charge in [-0.3, -0.25) is 0 Å². The fraction of sp³-hybridized carbons (Fsp3) is 1.00. The van der Waals surface area contributed by atoms with Gasteiger partial charge in [0.1, 0.15) is 0 Å². The maximum absolute atomic E-state index is 6.23. The molecule has 82 valence electrons. The lowest BCUT2D eigenvalue weighted by molar-refractivity contribution is 0.342. The highest BCUT2D eigenvalue weighted by atomic mass is 35.7. The third kappa shape index (κ3) is 1.88. The van der Waals surface area contributed by atoms with Crippen molar-refractivity contribution in [2.45, 2.75) is 45.7 Å². The summed E-state index contributed by atoms with van der Waals surface area (Å²) in [5, 5.41) is 0. The van der Waals surface area contributed by atoms with E-state index in [-0.39, 0.29) is 0 Å². The molecule has 0 radical (unpaired) electrons. The molecule has 3 unspecified atom stereocenters. The van der Waals surface area contributed by atoms with Crippen molar-refractivity contribution in [1.82, 2.24) is 0 Å². The van der Waals surface area contributed by atoms with Crippen LogP contribution in [0, 0.1) is 23.2 Å². The zero-order chi connectivity index (χ0) is 10.6. The number of hydrogen-bond donors (Lipinski definition) is 0. The van der Waals surface area contributed by atoms with E-state index >= 15 is 0 Å². The standard InChI is InChI=1S/C11H20Cl2Si/c1-8(2)11-5-4-9(10(11)6-11)7-14(3,12)13/h8-10H,4-7H2,1-3H3. The average Bonchev–Trinajstić information content (AvgIpc) is 2.65. The first-order valence-electron chi connectivity index (χ1n) is 5.73. The zero-order valence-electron chi connectivity index (χ0n) is 9.32. The molecule has 0 saturated heterocycles. The lowest BCUT2D eigenvalue weighted by Crippen LogP contribution is -2.18. The van der Waals surface area contributed by atoms with Gasteiger partial charge in [0.15, 0.2) is 0 Å². The largest absolute Gasteiger partial charge is 0.248 e. The first kappa shape index (κ1) is 11.3. The molecule has 2 aliphatic rings. The van der Waals surface area contributed by atoms with Crippen molar-refractivity contribution in [2.24, 2.45) is 23.2 Å². The fourth-order valence-corrected chi connectivity index (χ4v) is 6.19. The molecule has 2 aliphatic carbocycles. The van der Waals surface area contributed by atoms with E-state index < -0.39 is 6.69 Å². The molecule has 0 aromatic rings. The van der Waals surface area contributed by atoms with Crippen LogP contribution in [0.5, 0.6) is 0 Å². The van der Waals surface area contributed by atoms with E-state index in [9.17, 15) is 0 Å². The minimum absolute atomic E-state index is 0.706. The Balaban J connectivity index is 1.96. The number of hydrogen-bond acceptors (Lipinski definition) is 0. The second-order valence-electron chi connectivity index (χ2n) is 5.77. The van der Waals surface area contributed by atoms with Gasteiger partial charge in [0.05, 0.1) is 0 Å². The molecule has 0 heterocycles. The van der Waals surface area contributed by atoms with E-state index in [0.717, 1.165) is 23.8 Å². The van der Waals surface area contributed by atoms with Crippen LogP contribution in [0.4, 0.5) is 0 Å². The van der Waals surface area contributed by atoms with Gasteiger partial charge in [-0.2, -0.15) is 0 Å². The van der Waals surface area contributed by atoms with Gasteiger partial charge >= 0.3 is 0 Å². The van der Waals surface area contributed by atoms with Gasteiger partial charge in [0, 0.05) is 0 Å².